The van der Waals surface area contributed by atoms with E-state index < -0.39 is 0 Å². The van der Waals surface area contributed by atoms with Gasteiger partial charge in [0, 0.05) is 38.4 Å². The summed E-state index contributed by atoms with van der Waals surface area (Å²) in [4.78, 5) is 10.6. The van der Waals surface area contributed by atoms with E-state index in [0.29, 0.717) is 11.8 Å². The van der Waals surface area contributed by atoms with Crippen LogP contribution in [0.15, 0.2) is 150 Å². The topological polar surface area (TPSA) is 38.9 Å². The zero-order valence-corrected chi connectivity index (χ0v) is 29.5. The molecular weight excluding hydrogens is 645 g/mol. The summed E-state index contributed by atoms with van der Waals surface area (Å²) in [5.74, 6) is 3.88. The second-order valence-corrected chi connectivity index (χ2v) is 16.2. The number of furan rings is 1. The first-order chi connectivity index (χ1) is 26.2. The fourth-order valence-corrected chi connectivity index (χ4v) is 11.5. The van der Waals surface area contributed by atoms with Crippen LogP contribution in [-0.2, 0) is 5.41 Å². The predicted octanol–water partition coefficient (Wildman–Crippen LogP) is 12.8. The Labute approximate surface area is 309 Å². The molecule has 0 aliphatic heterocycles. The van der Waals surface area contributed by atoms with E-state index in [2.05, 4.69) is 146 Å². The third-order valence-electron chi connectivity index (χ3n) is 13.5. The van der Waals surface area contributed by atoms with Gasteiger partial charge in [-0.05, 0) is 102 Å². The molecule has 13 rings (SSSR count). The molecule has 4 saturated carbocycles. The Morgan fingerprint density at radius 3 is 1.75 bits per heavy atom. The third kappa shape index (κ3) is 4.28. The Balaban J connectivity index is 1.06. The predicted molar refractivity (Wildman–Crippen MR) is 214 cm³/mol. The van der Waals surface area contributed by atoms with Crippen molar-refractivity contribution in [3.05, 3.63) is 157 Å². The van der Waals surface area contributed by atoms with Gasteiger partial charge in [-0.25, -0.2) is 9.97 Å². The van der Waals surface area contributed by atoms with E-state index in [-0.39, 0.29) is 5.41 Å². The molecule has 1 spiro atoms. The molecule has 2 heterocycles. The van der Waals surface area contributed by atoms with E-state index in [0.717, 1.165) is 56.9 Å². The third-order valence-corrected chi connectivity index (χ3v) is 13.5. The first-order valence-corrected chi connectivity index (χ1v) is 19.4. The van der Waals surface area contributed by atoms with E-state index in [1.807, 2.05) is 0 Å². The molecular formula is C50H38N2O. The van der Waals surface area contributed by atoms with Crippen molar-refractivity contribution in [1.82, 2.24) is 9.97 Å². The number of para-hydroxylation sites is 1. The molecule has 53 heavy (non-hydrogen) atoms. The summed E-state index contributed by atoms with van der Waals surface area (Å²) in [5.41, 5.74) is 15.1. The summed E-state index contributed by atoms with van der Waals surface area (Å²) in [6, 6.07) is 52.6. The van der Waals surface area contributed by atoms with Crippen LogP contribution < -0.4 is 0 Å². The van der Waals surface area contributed by atoms with Crippen LogP contribution >= 0.6 is 0 Å². The number of hydrogen-bond donors (Lipinski definition) is 0. The number of fused-ring (bicyclic) bond motifs is 7. The van der Waals surface area contributed by atoms with Crippen LogP contribution in [0.5, 0.6) is 0 Å². The van der Waals surface area contributed by atoms with Crippen molar-refractivity contribution in [2.75, 3.05) is 0 Å². The van der Waals surface area contributed by atoms with Gasteiger partial charge < -0.3 is 4.42 Å². The van der Waals surface area contributed by atoms with Gasteiger partial charge in [-0.2, -0.15) is 0 Å². The quantitative estimate of drug-likeness (QED) is 0.185. The van der Waals surface area contributed by atoms with Gasteiger partial charge >= 0.3 is 0 Å². The average molecular weight is 683 g/mol. The summed E-state index contributed by atoms with van der Waals surface area (Å²) in [7, 11) is 0. The van der Waals surface area contributed by atoms with Crippen molar-refractivity contribution in [2.24, 2.45) is 23.7 Å². The molecule has 0 unspecified atom stereocenters. The lowest BCUT2D eigenvalue weighted by atomic mass is 9.43. The van der Waals surface area contributed by atoms with E-state index >= 15 is 0 Å². The van der Waals surface area contributed by atoms with Gasteiger partial charge in [0.1, 0.15) is 11.2 Å². The van der Waals surface area contributed by atoms with Gasteiger partial charge in [0.2, 0.25) is 0 Å². The minimum Gasteiger partial charge on any atom is -0.455 e. The Kier molecular flexibility index (Phi) is 6.23. The largest absolute Gasteiger partial charge is 0.455 e. The maximum Gasteiger partial charge on any atom is 0.160 e. The summed E-state index contributed by atoms with van der Waals surface area (Å²) >= 11 is 0. The summed E-state index contributed by atoms with van der Waals surface area (Å²) in [5, 5.41) is 2.40. The van der Waals surface area contributed by atoms with Crippen molar-refractivity contribution >= 4 is 21.9 Å². The van der Waals surface area contributed by atoms with Crippen LogP contribution in [0.1, 0.15) is 43.2 Å². The van der Waals surface area contributed by atoms with Gasteiger partial charge in [-0.3, -0.25) is 0 Å². The first kappa shape index (κ1) is 29.7. The first-order valence-electron chi connectivity index (χ1n) is 19.4. The molecule has 0 amide bonds. The van der Waals surface area contributed by atoms with Crippen LogP contribution in [0.3, 0.4) is 0 Å². The Hall–Kier alpha value is -5.80. The van der Waals surface area contributed by atoms with Crippen molar-refractivity contribution in [2.45, 2.75) is 37.5 Å². The van der Waals surface area contributed by atoms with E-state index in [1.54, 1.807) is 0 Å². The molecule has 4 bridgehead atoms. The van der Waals surface area contributed by atoms with Gasteiger partial charge in [-0.15, -0.1) is 0 Å². The van der Waals surface area contributed by atoms with Crippen LogP contribution in [-0.4, -0.2) is 9.97 Å². The highest BCUT2D eigenvalue weighted by Crippen LogP contribution is 2.70. The van der Waals surface area contributed by atoms with Crippen molar-refractivity contribution < 1.29 is 4.42 Å². The second-order valence-electron chi connectivity index (χ2n) is 16.2. The lowest BCUT2D eigenvalue weighted by molar-refractivity contribution is -0.0399. The van der Waals surface area contributed by atoms with Crippen molar-refractivity contribution in [3.8, 4) is 56.2 Å². The molecule has 0 N–H and O–H groups in total. The smallest absolute Gasteiger partial charge is 0.160 e. The molecule has 3 nitrogen and oxygen atoms in total. The second kappa shape index (κ2) is 11.1. The summed E-state index contributed by atoms with van der Waals surface area (Å²) in [6.07, 6.45) is 6.83. The van der Waals surface area contributed by atoms with Crippen LogP contribution in [0, 0.1) is 23.7 Å². The zero-order valence-electron chi connectivity index (χ0n) is 29.5. The number of nitrogens with zero attached hydrogens (tertiary/aromatic N) is 2. The monoisotopic (exact) mass is 682 g/mol. The lowest BCUT2D eigenvalue weighted by Gasteiger charge is -2.61. The molecule has 4 fully saturated rings. The Bertz CT molecular complexity index is 2700. The molecule has 2 aromatic heterocycles. The van der Waals surface area contributed by atoms with Crippen LogP contribution in [0.25, 0.3) is 78.1 Å². The van der Waals surface area contributed by atoms with Gasteiger partial charge in [0.25, 0.3) is 0 Å². The number of rotatable bonds is 4. The molecule has 3 heteroatoms. The van der Waals surface area contributed by atoms with E-state index in [1.165, 1.54) is 76.3 Å². The van der Waals surface area contributed by atoms with E-state index in [9.17, 15) is 0 Å². The van der Waals surface area contributed by atoms with Crippen LogP contribution in [0.2, 0.25) is 0 Å². The standard InChI is InChI=1S/C50H38N2O/c1-3-9-32(10-4-1)33-15-17-35(18-16-33)45-29-44(34-11-5-2-6-12-34)51-49(52-45)36-19-21-42-41(28-36)47-43(22-20-40-39-13-7-8-14-46(39)53-48(40)47)50(42)37-24-30-23-31(26-37)27-38(50)25-30/h1-22,28-31,37-38H,23-27H2. The molecule has 0 saturated heterocycles. The molecule has 254 valence electrons. The minimum atomic E-state index is 0.0438. The SMILES string of the molecule is c1ccc(-c2ccc(-c3cc(-c4ccccc4)nc(-c4ccc5c(c4)-c4c(ccc6c4oc4ccccc46)C54C5CC6CC(C5)CC4C6)n3)cc2)cc1. The maximum atomic E-state index is 6.85. The molecule has 6 aromatic carbocycles. The molecule has 5 aliphatic rings. The molecule has 5 aliphatic carbocycles. The highest BCUT2D eigenvalue weighted by molar-refractivity contribution is 6.12. The van der Waals surface area contributed by atoms with Gasteiger partial charge in [0.05, 0.1) is 11.4 Å². The van der Waals surface area contributed by atoms with Gasteiger partial charge in [0.15, 0.2) is 5.82 Å². The number of benzene rings is 6. The highest BCUT2D eigenvalue weighted by atomic mass is 16.3. The zero-order chi connectivity index (χ0) is 34.7. The van der Waals surface area contributed by atoms with Crippen molar-refractivity contribution in [1.29, 1.82) is 0 Å². The lowest BCUT2D eigenvalue weighted by Crippen LogP contribution is -2.55. The number of aromatic nitrogens is 2. The fourth-order valence-electron chi connectivity index (χ4n) is 11.5. The number of hydrogen-bond acceptors (Lipinski definition) is 3. The normalized spacial score (nSPS) is 23.5. The summed E-state index contributed by atoms with van der Waals surface area (Å²) < 4.78 is 6.85. The average Bonchev–Trinajstić information content (AvgIpc) is 3.74. The van der Waals surface area contributed by atoms with Crippen molar-refractivity contribution in [3.63, 3.8) is 0 Å². The highest BCUT2D eigenvalue weighted by Gasteiger charge is 2.62. The maximum absolute atomic E-state index is 6.85. The minimum absolute atomic E-state index is 0.0438. The van der Waals surface area contributed by atoms with Gasteiger partial charge in [-0.1, -0.05) is 127 Å². The molecule has 0 radical (unpaired) electrons. The fraction of sp³-hybridized carbons (Fsp3) is 0.200. The molecule has 0 atom stereocenters. The Morgan fingerprint density at radius 1 is 0.472 bits per heavy atom. The summed E-state index contributed by atoms with van der Waals surface area (Å²) in [6.45, 7) is 0. The Morgan fingerprint density at radius 2 is 1.04 bits per heavy atom. The van der Waals surface area contributed by atoms with E-state index in [4.69, 9.17) is 14.4 Å². The van der Waals surface area contributed by atoms with Crippen LogP contribution in [0.4, 0.5) is 0 Å². The molecule has 8 aromatic rings.